The van der Waals surface area contributed by atoms with Gasteiger partial charge in [-0.25, -0.2) is 4.79 Å². The number of rotatable bonds is 4. The summed E-state index contributed by atoms with van der Waals surface area (Å²) in [5.41, 5.74) is 0.873. The Morgan fingerprint density at radius 1 is 1.14 bits per heavy atom. The van der Waals surface area contributed by atoms with Crippen molar-refractivity contribution >= 4 is 28.7 Å². The van der Waals surface area contributed by atoms with Crippen molar-refractivity contribution in [2.24, 2.45) is 0 Å². The molecule has 0 aliphatic carbocycles. The summed E-state index contributed by atoms with van der Waals surface area (Å²) in [7, 11) is 0. The normalized spacial score (nSPS) is 17.8. The molecule has 1 aliphatic rings. The highest BCUT2D eigenvalue weighted by Crippen LogP contribution is 2.23. The number of benzene rings is 2. The zero-order chi connectivity index (χ0) is 15.7. The van der Waals surface area contributed by atoms with Crippen molar-refractivity contribution in [1.29, 1.82) is 0 Å². The minimum Gasteiger partial charge on any atom is -0.481 e. The number of carbonyl (C=O) groups is 3. The molecule has 1 heterocycles. The predicted molar refractivity (Wildman–Crippen MR) is 79.1 cm³/mol. The van der Waals surface area contributed by atoms with E-state index in [0.29, 0.717) is 0 Å². The average Bonchev–Trinajstić information content (AvgIpc) is 2.74. The molecule has 0 bridgehead atoms. The fourth-order valence-electron chi connectivity index (χ4n) is 2.71. The second-order valence-corrected chi connectivity index (χ2v) is 5.17. The van der Waals surface area contributed by atoms with Crippen LogP contribution in [0.1, 0.15) is 12.0 Å². The molecule has 2 N–H and O–H groups in total. The van der Waals surface area contributed by atoms with Crippen molar-refractivity contribution in [1.82, 2.24) is 10.2 Å². The molecule has 1 aliphatic heterocycles. The van der Waals surface area contributed by atoms with E-state index in [1.807, 2.05) is 42.5 Å². The van der Waals surface area contributed by atoms with Crippen molar-refractivity contribution in [2.45, 2.75) is 19.0 Å². The highest BCUT2D eigenvalue weighted by atomic mass is 16.4. The number of carbonyl (C=O) groups excluding carboxylic acids is 2. The van der Waals surface area contributed by atoms with Crippen molar-refractivity contribution in [3.05, 3.63) is 48.0 Å². The summed E-state index contributed by atoms with van der Waals surface area (Å²) in [6, 6.07) is 11.9. The number of nitrogens with zero attached hydrogens (tertiary/aromatic N) is 1. The third-order valence-corrected chi connectivity index (χ3v) is 3.76. The molecule has 1 saturated heterocycles. The highest BCUT2D eigenvalue weighted by molar-refractivity contribution is 6.05. The third-order valence-electron chi connectivity index (χ3n) is 3.76. The second-order valence-electron chi connectivity index (χ2n) is 5.17. The molecular formula is C16H14N2O4. The third kappa shape index (κ3) is 2.50. The standard InChI is InChI=1S/C16H14N2O4/c19-14(20)8-13-15(21)17-16(22)18(13)9-11-6-3-5-10-4-1-2-7-12(10)11/h1-7,13H,8-9H2,(H,19,20)(H,17,21,22). The molecule has 1 unspecified atom stereocenters. The Labute approximate surface area is 126 Å². The van der Waals surface area contributed by atoms with Gasteiger partial charge in [0.25, 0.3) is 5.91 Å². The molecule has 0 saturated carbocycles. The van der Waals surface area contributed by atoms with Gasteiger partial charge in [0.15, 0.2) is 0 Å². The van der Waals surface area contributed by atoms with Gasteiger partial charge < -0.3 is 10.0 Å². The molecule has 1 fully saturated rings. The van der Waals surface area contributed by atoms with Gasteiger partial charge in [0.1, 0.15) is 6.04 Å². The molecule has 2 aromatic carbocycles. The molecular weight excluding hydrogens is 284 g/mol. The highest BCUT2D eigenvalue weighted by Gasteiger charge is 2.39. The smallest absolute Gasteiger partial charge is 0.325 e. The zero-order valence-electron chi connectivity index (χ0n) is 11.7. The number of hydrogen-bond donors (Lipinski definition) is 2. The van der Waals surface area contributed by atoms with Crippen LogP contribution >= 0.6 is 0 Å². The summed E-state index contributed by atoms with van der Waals surface area (Å²) >= 11 is 0. The van der Waals surface area contributed by atoms with Gasteiger partial charge in [-0.15, -0.1) is 0 Å². The maximum atomic E-state index is 11.9. The Bertz CT molecular complexity index is 766. The van der Waals surface area contributed by atoms with E-state index in [2.05, 4.69) is 5.32 Å². The van der Waals surface area contributed by atoms with Crippen LogP contribution in [0.25, 0.3) is 10.8 Å². The predicted octanol–water partition coefficient (Wildman–Crippen LogP) is 1.73. The summed E-state index contributed by atoms with van der Waals surface area (Å²) in [6.45, 7) is 0.191. The van der Waals surface area contributed by atoms with Gasteiger partial charge in [0.05, 0.1) is 6.42 Å². The van der Waals surface area contributed by atoms with Crippen LogP contribution in [0.5, 0.6) is 0 Å². The van der Waals surface area contributed by atoms with E-state index in [4.69, 9.17) is 5.11 Å². The number of hydrogen-bond acceptors (Lipinski definition) is 3. The number of fused-ring (bicyclic) bond motifs is 1. The number of nitrogens with one attached hydrogen (secondary N) is 1. The average molecular weight is 298 g/mol. The number of urea groups is 1. The molecule has 3 amide bonds. The molecule has 22 heavy (non-hydrogen) atoms. The zero-order valence-corrected chi connectivity index (χ0v) is 11.7. The molecule has 0 aromatic heterocycles. The molecule has 2 aromatic rings. The number of aliphatic carboxylic acids is 1. The lowest BCUT2D eigenvalue weighted by Crippen LogP contribution is -2.36. The van der Waals surface area contributed by atoms with Crippen molar-refractivity contribution < 1.29 is 19.5 Å². The molecule has 6 heteroatoms. The Hall–Kier alpha value is -2.89. The van der Waals surface area contributed by atoms with E-state index in [1.54, 1.807) is 0 Å². The summed E-state index contributed by atoms with van der Waals surface area (Å²) in [5, 5.41) is 13.1. The Balaban J connectivity index is 1.94. The molecule has 1 atom stereocenters. The molecule has 6 nitrogen and oxygen atoms in total. The Morgan fingerprint density at radius 2 is 1.86 bits per heavy atom. The van der Waals surface area contributed by atoms with Crippen LogP contribution < -0.4 is 5.32 Å². The van der Waals surface area contributed by atoms with Crippen LogP contribution in [-0.2, 0) is 16.1 Å². The number of carboxylic acid groups (broad SMARTS) is 1. The maximum Gasteiger partial charge on any atom is 0.325 e. The molecule has 112 valence electrons. The van der Waals surface area contributed by atoms with Gasteiger partial charge in [-0.1, -0.05) is 42.5 Å². The lowest BCUT2D eigenvalue weighted by atomic mass is 10.0. The first-order valence-electron chi connectivity index (χ1n) is 6.86. The van der Waals surface area contributed by atoms with E-state index in [1.165, 1.54) is 4.90 Å². The Morgan fingerprint density at radius 3 is 2.64 bits per heavy atom. The minimum absolute atomic E-state index is 0.191. The van der Waals surface area contributed by atoms with Gasteiger partial charge in [-0.3, -0.25) is 14.9 Å². The van der Waals surface area contributed by atoms with Crippen LogP contribution in [0, 0.1) is 0 Å². The lowest BCUT2D eigenvalue weighted by molar-refractivity contribution is -0.140. The summed E-state index contributed by atoms with van der Waals surface area (Å²) in [6.07, 6.45) is -0.400. The van der Waals surface area contributed by atoms with Crippen LogP contribution in [0.2, 0.25) is 0 Å². The van der Waals surface area contributed by atoms with E-state index in [9.17, 15) is 14.4 Å². The van der Waals surface area contributed by atoms with Crippen molar-refractivity contribution in [2.75, 3.05) is 0 Å². The van der Waals surface area contributed by atoms with Gasteiger partial charge in [0.2, 0.25) is 0 Å². The largest absolute Gasteiger partial charge is 0.481 e. The first-order chi connectivity index (χ1) is 10.6. The monoisotopic (exact) mass is 298 g/mol. The minimum atomic E-state index is -1.11. The van der Waals surface area contributed by atoms with Crippen molar-refractivity contribution in [3.63, 3.8) is 0 Å². The number of amides is 3. The van der Waals surface area contributed by atoms with Gasteiger partial charge in [-0.2, -0.15) is 0 Å². The first-order valence-corrected chi connectivity index (χ1v) is 6.86. The van der Waals surface area contributed by atoms with Gasteiger partial charge in [0, 0.05) is 6.54 Å². The summed E-state index contributed by atoms with van der Waals surface area (Å²) in [4.78, 5) is 35.8. The van der Waals surface area contributed by atoms with Crippen LogP contribution in [0.4, 0.5) is 4.79 Å². The van der Waals surface area contributed by atoms with E-state index in [-0.39, 0.29) is 6.54 Å². The first kappa shape index (κ1) is 14.1. The number of imide groups is 1. The van der Waals surface area contributed by atoms with Gasteiger partial charge in [-0.05, 0) is 16.3 Å². The summed E-state index contributed by atoms with van der Waals surface area (Å²) < 4.78 is 0. The number of carboxylic acids is 1. The Kier molecular flexibility index (Phi) is 3.50. The SMILES string of the molecule is O=C(O)CC1C(=O)NC(=O)N1Cc1cccc2ccccc12. The second kappa shape index (κ2) is 5.48. The maximum absolute atomic E-state index is 11.9. The fraction of sp³-hybridized carbons (Fsp3) is 0.188. The fourth-order valence-corrected chi connectivity index (χ4v) is 2.71. The van der Waals surface area contributed by atoms with E-state index < -0.39 is 30.4 Å². The van der Waals surface area contributed by atoms with Crippen molar-refractivity contribution in [3.8, 4) is 0 Å². The van der Waals surface area contributed by atoms with Gasteiger partial charge >= 0.3 is 12.0 Å². The van der Waals surface area contributed by atoms with E-state index >= 15 is 0 Å². The topological polar surface area (TPSA) is 86.7 Å². The van der Waals surface area contributed by atoms with Crippen LogP contribution in [0.3, 0.4) is 0 Å². The van der Waals surface area contributed by atoms with E-state index in [0.717, 1.165) is 16.3 Å². The molecule has 0 radical (unpaired) electrons. The van der Waals surface area contributed by atoms with Crippen LogP contribution in [-0.4, -0.2) is 34.0 Å². The summed E-state index contributed by atoms with van der Waals surface area (Å²) in [5.74, 6) is -1.68. The lowest BCUT2D eigenvalue weighted by Gasteiger charge is -2.21. The van der Waals surface area contributed by atoms with Crippen LogP contribution in [0.15, 0.2) is 42.5 Å². The quantitative estimate of drug-likeness (QED) is 0.842. The molecule has 0 spiro atoms. The molecule has 3 rings (SSSR count).